The van der Waals surface area contributed by atoms with E-state index >= 15 is 0 Å². The first kappa shape index (κ1) is 22.0. The molecule has 0 saturated heterocycles. The minimum atomic E-state index is -1.06. The highest BCUT2D eigenvalue weighted by atomic mass is 79.9. The first-order valence-electron chi connectivity index (χ1n) is 9.64. The lowest BCUT2D eigenvalue weighted by Crippen LogP contribution is -2.23. The van der Waals surface area contributed by atoms with E-state index in [1.807, 2.05) is 19.9 Å². The number of fused-ring (bicyclic) bond motifs is 1. The number of nitrogens with zero attached hydrogens (tertiary/aromatic N) is 3. The van der Waals surface area contributed by atoms with Crippen LogP contribution in [0.5, 0.6) is 0 Å². The number of carboxylic acid groups (broad SMARTS) is 1. The molecule has 0 unspecified atom stereocenters. The van der Waals surface area contributed by atoms with Gasteiger partial charge in [-0.15, -0.1) is 0 Å². The number of carbonyl (C=O) groups is 1. The molecule has 1 N–H and O–H groups in total. The van der Waals surface area contributed by atoms with Gasteiger partial charge >= 0.3 is 5.97 Å². The maximum Gasteiger partial charge on any atom is 0.335 e. The zero-order valence-electron chi connectivity index (χ0n) is 17.0. The van der Waals surface area contributed by atoms with Gasteiger partial charge in [-0.2, -0.15) is 9.78 Å². The molecule has 0 radical (unpaired) electrons. The predicted octanol–water partition coefficient (Wildman–Crippen LogP) is 5.78. The van der Waals surface area contributed by atoms with E-state index in [4.69, 9.17) is 16.0 Å². The summed E-state index contributed by atoms with van der Waals surface area (Å²) in [6.07, 6.45) is 1.41. The van der Waals surface area contributed by atoms with Gasteiger partial charge < -0.3 is 9.52 Å². The molecule has 32 heavy (non-hydrogen) atoms. The summed E-state index contributed by atoms with van der Waals surface area (Å²) in [7, 11) is 0. The van der Waals surface area contributed by atoms with Gasteiger partial charge in [0.15, 0.2) is 0 Å². The van der Waals surface area contributed by atoms with Crippen molar-refractivity contribution in [2.45, 2.75) is 19.8 Å². The maximum absolute atomic E-state index is 13.1. The lowest BCUT2D eigenvalue weighted by molar-refractivity contribution is 0.0697. The highest BCUT2D eigenvalue weighted by Crippen LogP contribution is 2.30. The lowest BCUT2D eigenvalue weighted by Gasteiger charge is -2.11. The Morgan fingerprint density at radius 3 is 2.72 bits per heavy atom. The molecule has 9 heteroatoms. The highest BCUT2D eigenvalue weighted by Gasteiger charge is 2.15. The fraction of sp³-hybridized carbons (Fsp3) is 0.130. The van der Waals surface area contributed by atoms with Gasteiger partial charge in [0.1, 0.15) is 17.3 Å². The molecule has 0 aliphatic carbocycles. The van der Waals surface area contributed by atoms with Gasteiger partial charge in [-0.05, 0) is 48.5 Å². The quantitative estimate of drug-likeness (QED) is 0.341. The summed E-state index contributed by atoms with van der Waals surface area (Å²) in [5.41, 5.74) is 0.850. The second kappa shape index (κ2) is 8.72. The Bertz CT molecular complexity index is 1440. The summed E-state index contributed by atoms with van der Waals surface area (Å²) in [5, 5.41) is 14.3. The molecular formula is C23H17BrClN3O4. The van der Waals surface area contributed by atoms with Crippen molar-refractivity contribution in [1.82, 2.24) is 9.66 Å². The maximum atomic E-state index is 13.1. The number of furan rings is 1. The molecule has 0 spiro atoms. The van der Waals surface area contributed by atoms with Gasteiger partial charge in [-0.3, -0.25) is 4.79 Å². The van der Waals surface area contributed by atoms with Gasteiger partial charge in [0, 0.05) is 16.0 Å². The first-order chi connectivity index (χ1) is 15.2. The Morgan fingerprint density at radius 1 is 1.22 bits per heavy atom. The van der Waals surface area contributed by atoms with E-state index in [1.165, 1.54) is 29.1 Å². The van der Waals surface area contributed by atoms with E-state index in [1.54, 1.807) is 24.3 Å². The molecule has 0 atom stereocenters. The van der Waals surface area contributed by atoms with E-state index in [-0.39, 0.29) is 17.0 Å². The predicted molar refractivity (Wildman–Crippen MR) is 127 cm³/mol. The van der Waals surface area contributed by atoms with E-state index in [0.717, 1.165) is 4.47 Å². The molecule has 162 valence electrons. The topological polar surface area (TPSA) is 97.7 Å². The van der Waals surface area contributed by atoms with Crippen LogP contribution in [0.25, 0.3) is 22.2 Å². The van der Waals surface area contributed by atoms with Crippen LogP contribution in [-0.2, 0) is 0 Å². The normalized spacial score (nSPS) is 11.7. The number of benzene rings is 2. The van der Waals surface area contributed by atoms with Crippen molar-refractivity contribution in [2.75, 3.05) is 0 Å². The summed E-state index contributed by atoms with van der Waals surface area (Å²) in [6.45, 7) is 3.86. The fourth-order valence-corrected chi connectivity index (χ4v) is 3.75. The molecule has 0 aliphatic heterocycles. The molecule has 4 aromatic rings. The number of hydrogen-bond donors (Lipinski definition) is 1. The molecule has 0 bridgehead atoms. The van der Waals surface area contributed by atoms with Crippen LogP contribution in [-0.4, -0.2) is 27.0 Å². The van der Waals surface area contributed by atoms with Gasteiger partial charge in [0.25, 0.3) is 5.56 Å². The Labute approximate surface area is 196 Å². The molecule has 7 nitrogen and oxygen atoms in total. The lowest BCUT2D eigenvalue weighted by atomic mass is 10.1. The average molecular weight is 515 g/mol. The SMILES string of the molecule is CC(C)c1nc2ccc(Br)cc2c(=O)n1N=Cc1ccc(-c2cc(C(=O)O)ccc2Cl)o1. The number of aromatic nitrogens is 2. The Kier molecular flexibility index (Phi) is 5.99. The van der Waals surface area contributed by atoms with Crippen LogP contribution in [0, 0.1) is 0 Å². The van der Waals surface area contributed by atoms with Crippen molar-refractivity contribution < 1.29 is 14.3 Å². The zero-order valence-corrected chi connectivity index (χ0v) is 19.4. The third kappa shape index (κ3) is 4.24. The van der Waals surface area contributed by atoms with Gasteiger partial charge in [0.2, 0.25) is 0 Å². The molecule has 0 saturated carbocycles. The van der Waals surface area contributed by atoms with Crippen molar-refractivity contribution in [3.63, 3.8) is 0 Å². The third-order valence-electron chi connectivity index (χ3n) is 4.76. The van der Waals surface area contributed by atoms with Crippen LogP contribution in [0.1, 0.15) is 41.7 Å². The van der Waals surface area contributed by atoms with Crippen LogP contribution in [0.2, 0.25) is 5.02 Å². The summed E-state index contributed by atoms with van der Waals surface area (Å²) in [5.74, 6) is 0.166. The monoisotopic (exact) mass is 513 g/mol. The van der Waals surface area contributed by atoms with Crippen molar-refractivity contribution in [3.05, 3.63) is 85.5 Å². The standard InChI is InChI=1S/C23H17BrClN3O4/c1-12(2)21-27-19-7-4-14(24)10-17(19)22(29)28(21)26-11-15-5-8-20(32-15)16-9-13(23(30)31)3-6-18(16)25/h3-12H,1-2H3,(H,30,31). The largest absolute Gasteiger partial charge is 0.478 e. The molecule has 4 rings (SSSR count). The van der Waals surface area contributed by atoms with E-state index < -0.39 is 5.97 Å². The fourth-order valence-electron chi connectivity index (χ4n) is 3.18. The van der Waals surface area contributed by atoms with E-state index in [2.05, 4.69) is 26.0 Å². The molecule has 2 heterocycles. The van der Waals surface area contributed by atoms with Gasteiger partial charge in [-0.25, -0.2) is 9.78 Å². The molecule has 2 aromatic heterocycles. The summed E-state index contributed by atoms with van der Waals surface area (Å²) in [6, 6.07) is 13.0. The Balaban J connectivity index is 1.75. The number of carboxylic acids is 1. The Morgan fingerprint density at radius 2 is 2.00 bits per heavy atom. The smallest absolute Gasteiger partial charge is 0.335 e. The zero-order chi connectivity index (χ0) is 23.0. The third-order valence-corrected chi connectivity index (χ3v) is 5.58. The molecular weight excluding hydrogens is 498 g/mol. The van der Waals surface area contributed by atoms with E-state index in [9.17, 15) is 14.7 Å². The second-order valence-corrected chi connectivity index (χ2v) is 8.67. The van der Waals surface area contributed by atoms with Crippen LogP contribution >= 0.6 is 27.5 Å². The van der Waals surface area contributed by atoms with Crippen molar-refractivity contribution in [2.24, 2.45) is 5.10 Å². The minimum Gasteiger partial charge on any atom is -0.478 e. The van der Waals surface area contributed by atoms with Crippen LogP contribution in [0.4, 0.5) is 0 Å². The molecule has 0 amide bonds. The van der Waals surface area contributed by atoms with Crippen LogP contribution in [0.15, 0.2) is 67.3 Å². The van der Waals surface area contributed by atoms with Gasteiger partial charge in [0.05, 0.1) is 27.7 Å². The number of rotatable bonds is 5. The summed E-state index contributed by atoms with van der Waals surface area (Å²) < 4.78 is 7.82. The molecule has 0 aliphatic rings. The van der Waals surface area contributed by atoms with Gasteiger partial charge in [-0.1, -0.05) is 41.4 Å². The molecule has 2 aromatic carbocycles. The van der Waals surface area contributed by atoms with Crippen LogP contribution in [0.3, 0.4) is 0 Å². The number of halogens is 2. The second-order valence-electron chi connectivity index (χ2n) is 7.35. The number of hydrogen-bond acceptors (Lipinski definition) is 5. The average Bonchev–Trinajstić information content (AvgIpc) is 3.22. The minimum absolute atomic E-state index is 0.0439. The van der Waals surface area contributed by atoms with Crippen LogP contribution < -0.4 is 5.56 Å². The summed E-state index contributed by atoms with van der Waals surface area (Å²) in [4.78, 5) is 28.9. The van der Waals surface area contributed by atoms with Crippen molar-refractivity contribution in [1.29, 1.82) is 0 Å². The van der Waals surface area contributed by atoms with E-state index in [0.29, 0.717) is 38.8 Å². The summed E-state index contributed by atoms with van der Waals surface area (Å²) >= 11 is 9.60. The molecule has 0 fully saturated rings. The first-order valence-corrected chi connectivity index (χ1v) is 10.8. The van der Waals surface area contributed by atoms with Crippen molar-refractivity contribution in [3.8, 4) is 11.3 Å². The number of aromatic carboxylic acids is 1. The Hall–Kier alpha value is -3.23. The van der Waals surface area contributed by atoms with Crippen molar-refractivity contribution >= 4 is 50.6 Å². The highest BCUT2D eigenvalue weighted by molar-refractivity contribution is 9.10.